The Kier molecular flexibility index (Phi) is 4.79. The lowest BCUT2D eigenvalue weighted by atomic mass is 9.52. The number of carbonyl (C=O) groups is 2. The van der Waals surface area contributed by atoms with Crippen molar-refractivity contribution in [3.05, 3.63) is 35.5 Å². The van der Waals surface area contributed by atoms with Crippen LogP contribution in [0.4, 0.5) is 0 Å². The van der Waals surface area contributed by atoms with Crippen molar-refractivity contribution in [3.63, 3.8) is 0 Å². The third-order valence-electron chi connectivity index (χ3n) is 10.5. The molecule has 0 N–H and O–H groups in total. The molecule has 0 aromatic carbocycles. The summed E-state index contributed by atoms with van der Waals surface area (Å²) in [6.45, 7) is 11.3. The Bertz CT molecular complexity index is 977. The van der Waals surface area contributed by atoms with E-state index < -0.39 is 5.60 Å². The first-order chi connectivity index (χ1) is 15.7. The minimum absolute atomic E-state index is 0.0763. The molecule has 4 fully saturated rings. The maximum absolute atomic E-state index is 12.5. The molecule has 9 atom stereocenters. The van der Waals surface area contributed by atoms with Crippen LogP contribution in [0.2, 0.25) is 0 Å². The van der Waals surface area contributed by atoms with Gasteiger partial charge >= 0.3 is 11.9 Å². The van der Waals surface area contributed by atoms with Crippen LogP contribution in [-0.4, -0.2) is 36.4 Å². The first-order valence-electron chi connectivity index (χ1n) is 12.8. The zero-order valence-electron chi connectivity index (χ0n) is 20.1. The van der Waals surface area contributed by atoms with Gasteiger partial charge in [0.1, 0.15) is 17.8 Å². The Morgan fingerprint density at radius 1 is 1.06 bits per heavy atom. The molecule has 2 bridgehead atoms. The Morgan fingerprint density at radius 2 is 1.82 bits per heavy atom. The first-order valence-corrected chi connectivity index (χ1v) is 12.8. The quantitative estimate of drug-likeness (QED) is 0.418. The fourth-order valence-corrected chi connectivity index (χ4v) is 8.70. The molecule has 6 rings (SSSR count). The molecule has 0 amide bonds. The van der Waals surface area contributed by atoms with E-state index in [4.69, 9.17) is 14.2 Å². The van der Waals surface area contributed by atoms with Crippen LogP contribution >= 0.6 is 0 Å². The maximum atomic E-state index is 12.5. The Hall–Kier alpha value is -1.88. The molecule has 178 valence electrons. The van der Waals surface area contributed by atoms with Crippen LogP contribution in [0.15, 0.2) is 35.5 Å². The van der Waals surface area contributed by atoms with E-state index in [1.165, 1.54) is 30.4 Å². The summed E-state index contributed by atoms with van der Waals surface area (Å²) in [4.78, 5) is 24.7. The Labute approximate surface area is 196 Å². The lowest BCUT2D eigenvalue weighted by molar-refractivity contribution is -0.200. The third-order valence-corrected chi connectivity index (χ3v) is 10.5. The summed E-state index contributed by atoms with van der Waals surface area (Å²) in [6, 6.07) is 0. The zero-order valence-corrected chi connectivity index (χ0v) is 20.1. The number of carbonyl (C=O) groups excluding carboxylic acids is 2. The largest absolute Gasteiger partial charge is 0.458 e. The average Bonchev–Trinajstić information content (AvgIpc) is 2.99. The van der Waals surface area contributed by atoms with Crippen molar-refractivity contribution < 1.29 is 23.8 Å². The van der Waals surface area contributed by atoms with Crippen molar-refractivity contribution in [3.8, 4) is 0 Å². The van der Waals surface area contributed by atoms with Gasteiger partial charge in [-0.05, 0) is 80.6 Å². The molecule has 0 aromatic rings. The van der Waals surface area contributed by atoms with Crippen LogP contribution in [0.25, 0.3) is 0 Å². The zero-order chi connectivity index (χ0) is 23.1. The summed E-state index contributed by atoms with van der Waals surface area (Å²) in [6.07, 6.45) is 10.7. The molecule has 5 heteroatoms. The van der Waals surface area contributed by atoms with Crippen LogP contribution in [0.1, 0.15) is 65.7 Å². The van der Waals surface area contributed by atoms with Crippen molar-refractivity contribution >= 4 is 11.9 Å². The van der Waals surface area contributed by atoms with Gasteiger partial charge in [-0.3, -0.25) is 4.79 Å². The van der Waals surface area contributed by atoms with Crippen LogP contribution in [0.3, 0.4) is 0 Å². The number of hydrogen-bond donors (Lipinski definition) is 0. The van der Waals surface area contributed by atoms with Gasteiger partial charge in [-0.2, -0.15) is 0 Å². The van der Waals surface area contributed by atoms with Crippen molar-refractivity contribution in [2.75, 3.05) is 6.61 Å². The molecule has 3 heterocycles. The predicted octanol–water partition coefficient (Wildman–Crippen LogP) is 4.91. The van der Waals surface area contributed by atoms with Crippen molar-refractivity contribution in [2.24, 2.45) is 35.0 Å². The molecule has 5 nitrogen and oxygen atoms in total. The molecule has 3 aliphatic heterocycles. The fraction of sp³-hybridized carbons (Fsp3) is 0.714. The standard InChI is InChI=1S/C28H36O5/c1-15-17-10-11-27(3)21(19(17)12-23-18(15)6-5-7-25(29)32-23)8-9-22(27)20-14-31-28(4)13-24(20)33-26(30)16(28)2/h5-6,17,19-24H,2,7-14H2,1,3-4H3/t17-,19-,20+,21+,22-,23-,24-,27+,28-/m1/s1. The number of hydrogen-bond acceptors (Lipinski definition) is 5. The molecular weight excluding hydrogens is 416 g/mol. The highest BCUT2D eigenvalue weighted by Crippen LogP contribution is 2.65. The van der Waals surface area contributed by atoms with Crippen LogP contribution in [0.5, 0.6) is 0 Å². The predicted molar refractivity (Wildman–Crippen MR) is 123 cm³/mol. The van der Waals surface area contributed by atoms with Gasteiger partial charge < -0.3 is 14.2 Å². The van der Waals surface area contributed by atoms with E-state index in [9.17, 15) is 9.59 Å². The molecule has 6 aliphatic rings. The summed E-state index contributed by atoms with van der Waals surface area (Å²) in [5.74, 6) is 2.07. The van der Waals surface area contributed by atoms with Crippen molar-refractivity contribution in [1.82, 2.24) is 0 Å². The second-order valence-electron chi connectivity index (χ2n) is 11.9. The van der Waals surface area contributed by atoms with Crippen LogP contribution < -0.4 is 0 Å². The second-order valence-corrected chi connectivity index (χ2v) is 11.9. The normalized spacial score (nSPS) is 48.9. The smallest absolute Gasteiger partial charge is 0.336 e. The van der Waals surface area contributed by atoms with E-state index in [-0.39, 0.29) is 35.5 Å². The van der Waals surface area contributed by atoms with Gasteiger partial charge in [-0.1, -0.05) is 31.2 Å². The summed E-state index contributed by atoms with van der Waals surface area (Å²) >= 11 is 0. The topological polar surface area (TPSA) is 61.8 Å². The SMILES string of the molecule is C=C1C(=O)O[C@@H]2C[C@@]1(C)OC[C@H]2[C@H]1CC[C@H]2[C@@H]3C[C@H]4OC(=O)CC=CC4=C(C)[C@H]3CC[C@]12C. The highest BCUT2D eigenvalue weighted by atomic mass is 16.6. The van der Waals surface area contributed by atoms with E-state index >= 15 is 0 Å². The molecule has 2 saturated heterocycles. The van der Waals surface area contributed by atoms with Gasteiger partial charge in [-0.15, -0.1) is 0 Å². The summed E-state index contributed by atoms with van der Waals surface area (Å²) in [5.41, 5.74) is 2.76. The number of esters is 2. The van der Waals surface area contributed by atoms with Gasteiger partial charge in [0.15, 0.2) is 0 Å². The molecule has 0 spiro atoms. The Morgan fingerprint density at radius 3 is 2.61 bits per heavy atom. The highest BCUT2D eigenvalue weighted by molar-refractivity contribution is 5.91. The van der Waals surface area contributed by atoms with Crippen molar-refractivity contribution in [2.45, 2.75) is 83.5 Å². The van der Waals surface area contributed by atoms with E-state index in [1.54, 1.807) is 0 Å². The van der Waals surface area contributed by atoms with Gasteiger partial charge in [0.05, 0.1) is 18.6 Å². The van der Waals surface area contributed by atoms with E-state index in [0.29, 0.717) is 42.3 Å². The number of rotatable bonds is 1. The van der Waals surface area contributed by atoms with Gasteiger partial charge in [0.25, 0.3) is 0 Å². The van der Waals surface area contributed by atoms with E-state index in [2.05, 4.69) is 26.5 Å². The minimum atomic E-state index is -0.578. The molecule has 2 saturated carbocycles. The fourth-order valence-electron chi connectivity index (χ4n) is 8.70. The molecule has 0 aromatic heterocycles. The van der Waals surface area contributed by atoms with E-state index in [1.807, 2.05) is 13.0 Å². The Balaban J connectivity index is 1.27. The second kappa shape index (κ2) is 7.31. The summed E-state index contributed by atoms with van der Waals surface area (Å²) < 4.78 is 18.1. The first kappa shape index (κ1) is 21.6. The van der Waals surface area contributed by atoms with E-state index in [0.717, 1.165) is 19.3 Å². The van der Waals surface area contributed by atoms with Gasteiger partial charge in [-0.25, -0.2) is 4.79 Å². The van der Waals surface area contributed by atoms with Crippen molar-refractivity contribution in [1.29, 1.82) is 0 Å². The van der Waals surface area contributed by atoms with Gasteiger partial charge in [0, 0.05) is 12.3 Å². The molecule has 0 radical (unpaired) electrons. The number of allylic oxidation sites excluding steroid dienone is 1. The maximum Gasteiger partial charge on any atom is 0.336 e. The third kappa shape index (κ3) is 3.07. The number of fused-ring (bicyclic) bond motifs is 6. The molecular formula is C28H36O5. The summed E-state index contributed by atoms with van der Waals surface area (Å²) in [5, 5.41) is 0. The molecule has 33 heavy (non-hydrogen) atoms. The minimum Gasteiger partial charge on any atom is -0.458 e. The average molecular weight is 453 g/mol. The van der Waals surface area contributed by atoms with Gasteiger partial charge in [0.2, 0.25) is 0 Å². The molecule has 3 aliphatic carbocycles. The van der Waals surface area contributed by atoms with Crippen LogP contribution in [0, 0.1) is 35.0 Å². The summed E-state index contributed by atoms with van der Waals surface area (Å²) in [7, 11) is 0. The number of ether oxygens (including phenoxy) is 3. The monoisotopic (exact) mass is 452 g/mol. The molecule has 0 unspecified atom stereocenters. The lowest BCUT2D eigenvalue weighted by Gasteiger charge is -2.55. The lowest BCUT2D eigenvalue weighted by Crippen LogP contribution is -2.57. The highest BCUT2D eigenvalue weighted by Gasteiger charge is 2.60. The van der Waals surface area contributed by atoms with Crippen LogP contribution in [-0.2, 0) is 23.8 Å².